The van der Waals surface area contributed by atoms with Gasteiger partial charge in [-0.25, -0.2) is 8.42 Å². The van der Waals surface area contributed by atoms with Crippen molar-refractivity contribution in [3.8, 4) is 0 Å². The van der Waals surface area contributed by atoms with E-state index in [1.807, 2.05) is 61.5 Å². The van der Waals surface area contributed by atoms with Crippen molar-refractivity contribution in [2.75, 3.05) is 39.1 Å². The number of hydrogen-bond donors (Lipinski definition) is 0. The van der Waals surface area contributed by atoms with Crippen LogP contribution in [0.3, 0.4) is 0 Å². The van der Waals surface area contributed by atoms with Gasteiger partial charge in [0.05, 0.1) is 15.5 Å². The fraction of sp³-hybridized carbons (Fsp3) is 0.308. The largest absolute Gasteiger partial charge is 0.377 e. The lowest BCUT2D eigenvalue weighted by Gasteiger charge is -2.21. The predicted octanol–water partition coefficient (Wildman–Crippen LogP) is 4.86. The summed E-state index contributed by atoms with van der Waals surface area (Å²) in [5.74, 6) is 0. The van der Waals surface area contributed by atoms with Gasteiger partial charge in [-0.15, -0.1) is 0 Å². The highest BCUT2D eigenvalue weighted by atomic mass is 35.5. The SMILES string of the molecule is CN1CCc2cc(N(C)C)c(S(=O)(=O)c3ccc(Cc4ccc(Cl)cc4)cc3)cc2CC1. The summed E-state index contributed by atoms with van der Waals surface area (Å²) in [4.78, 5) is 4.90. The molecule has 0 N–H and O–H groups in total. The lowest BCUT2D eigenvalue weighted by Crippen LogP contribution is -2.20. The normalized spacial score (nSPS) is 14.6. The van der Waals surface area contributed by atoms with Gasteiger partial charge in [-0.3, -0.25) is 0 Å². The molecule has 0 amide bonds. The average Bonchev–Trinajstić information content (AvgIpc) is 2.96. The first-order chi connectivity index (χ1) is 15.2. The van der Waals surface area contributed by atoms with Gasteiger partial charge in [0.25, 0.3) is 0 Å². The molecule has 1 aliphatic heterocycles. The summed E-state index contributed by atoms with van der Waals surface area (Å²) in [7, 11) is 2.27. The van der Waals surface area contributed by atoms with Gasteiger partial charge in [-0.05, 0) is 85.0 Å². The summed E-state index contributed by atoms with van der Waals surface area (Å²) >= 11 is 5.97. The molecule has 32 heavy (non-hydrogen) atoms. The van der Waals surface area contributed by atoms with Crippen LogP contribution in [0, 0.1) is 0 Å². The Morgan fingerprint density at radius 3 is 1.97 bits per heavy atom. The van der Waals surface area contributed by atoms with Crippen LogP contribution in [-0.4, -0.2) is 47.6 Å². The molecule has 0 unspecified atom stereocenters. The molecule has 0 atom stereocenters. The molecule has 3 aromatic rings. The van der Waals surface area contributed by atoms with E-state index in [4.69, 9.17) is 11.6 Å². The van der Waals surface area contributed by atoms with Crippen LogP contribution in [0.1, 0.15) is 22.3 Å². The first kappa shape index (κ1) is 22.8. The standard InChI is InChI=1S/C26H29ClN2O2S/c1-28(2)25-17-21-12-14-29(3)15-13-22(21)18-26(25)32(30,31)24-10-6-20(7-11-24)16-19-4-8-23(27)9-5-19/h4-11,17-18H,12-16H2,1-3H3. The minimum absolute atomic E-state index is 0.325. The van der Waals surface area contributed by atoms with E-state index >= 15 is 0 Å². The molecule has 4 nitrogen and oxygen atoms in total. The molecule has 0 saturated carbocycles. The van der Waals surface area contributed by atoms with E-state index in [0.717, 1.165) is 54.7 Å². The average molecular weight is 469 g/mol. The zero-order chi connectivity index (χ0) is 22.9. The maximum Gasteiger partial charge on any atom is 0.208 e. The van der Waals surface area contributed by atoms with E-state index in [9.17, 15) is 8.42 Å². The quantitative estimate of drug-likeness (QED) is 0.536. The van der Waals surface area contributed by atoms with Gasteiger partial charge in [0.15, 0.2) is 0 Å². The van der Waals surface area contributed by atoms with E-state index in [1.165, 1.54) is 5.56 Å². The van der Waals surface area contributed by atoms with E-state index in [1.54, 1.807) is 12.1 Å². The van der Waals surface area contributed by atoms with E-state index < -0.39 is 9.84 Å². The molecule has 1 aliphatic rings. The Labute approximate surface area is 196 Å². The Morgan fingerprint density at radius 1 is 0.875 bits per heavy atom. The third-order valence-electron chi connectivity index (χ3n) is 6.13. The van der Waals surface area contributed by atoms with Crippen molar-refractivity contribution in [1.82, 2.24) is 4.90 Å². The maximum atomic E-state index is 13.7. The lowest BCUT2D eigenvalue weighted by atomic mass is 10.0. The minimum Gasteiger partial charge on any atom is -0.377 e. The molecule has 6 heteroatoms. The first-order valence-corrected chi connectivity index (χ1v) is 12.7. The molecule has 0 spiro atoms. The molecule has 168 valence electrons. The Bertz CT molecular complexity index is 1200. The number of sulfone groups is 1. The van der Waals surface area contributed by atoms with Crippen LogP contribution in [0.5, 0.6) is 0 Å². The fourth-order valence-corrected chi connectivity index (χ4v) is 5.86. The van der Waals surface area contributed by atoms with Crippen LogP contribution in [0.2, 0.25) is 5.02 Å². The Balaban J connectivity index is 1.67. The zero-order valence-corrected chi connectivity index (χ0v) is 20.4. The van der Waals surface area contributed by atoms with Crippen molar-refractivity contribution in [1.29, 1.82) is 0 Å². The van der Waals surface area contributed by atoms with Crippen molar-refractivity contribution < 1.29 is 8.42 Å². The van der Waals surface area contributed by atoms with Crippen molar-refractivity contribution in [2.24, 2.45) is 0 Å². The number of likely N-dealkylation sites (N-methyl/N-ethyl adjacent to an activating group) is 1. The second-order valence-corrected chi connectivity index (χ2v) is 11.1. The van der Waals surface area contributed by atoms with Crippen LogP contribution < -0.4 is 4.90 Å². The number of benzene rings is 3. The third-order valence-corrected chi connectivity index (χ3v) is 8.18. The van der Waals surface area contributed by atoms with E-state index in [0.29, 0.717) is 14.8 Å². The van der Waals surface area contributed by atoms with Crippen LogP contribution in [0.25, 0.3) is 0 Å². The number of nitrogens with zero attached hydrogens (tertiary/aromatic N) is 2. The summed E-state index contributed by atoms with van der Waals surface area (Å²) in [6, 6.07) is 18.9. The number of fused-ring (bicyclic) bond motifs is 1. The lowest BCUT2D eigenvalue weighted by molar-refractivity contribution is 0.352. The molecule has 0 radical (unpaired) electrons. The monoisotopic (exact) mass is 468 g/mol. The first-order valence-electron chi connectivity index (χ1n) is 10.8. The highest BCUT2D eigenvalue weighted by molar-refractivity contribution is 7.91. The molecule has 1 heterocycles. The molecule has 0 bridgehead atoms. The summed E-state index contributed by atoms with van der Waals surface area (Å²) in [5.41, 5.74) is 5.33. The second-order valence-electron chi connectivity index (χ2n) is 8.74. The van der Waals surface area contributed by atoms with Crippen LogP contribution >= 0.6 is 11.6 Å². The predicted molar refractivity (Wildman–Crippen MR) is 132 cm³/mol. The number of hydrogen-bond acceptors (Lipinski definition) is 4. The second kappa shape index (κ2) is 9.26. The summed E-state index contributed by atoms with van der Waals surface area (Å²) in [5, 5.41) is 0.708. The molecule has 0 aliphatic carbocycles. The minimum atomic E-state index is -3.64. The van der Waals surface area contributed by atoms with Crippen LogP contribution in [0.15, 0.2) is 70.5 Å². The van der Waals surface area contributed by atoms with Crippen LogP contribution in [-0.2, 0) is 29.1 Å². The Morgan fingerprint density at radius 2 is 1.41 bits per heavy atom. The summed E-state index contributed by atoms with van der Waals surface area (Å²) in [6.07, 6.45) is 2.53. The van der Waals surface area contributed by atoms with Crippen LogP contribution in [0.4, 0.5) is 5.69 Å². The number of anilines is 1. The van der Waals surface area contributed by atoms with Gasteiger partial charge >= 0.3 is 0 Å². The molecule has 3 aromatic carbocycles. The summed E-state index contributed by atoms with van der Waals surface area (Å²) < 4.78 is 27.3. The van der Waals surface area contributed by atoms with Crippen molar-refractivity contribution in [2.45, 2.75) is 29.1 Å². The van der Waals surface area contributed by atoms with E-state index in [2.05, 4.69) is 18.0 Å². The smallest absolute Gasteiger partial charge is 0.208 e. The molecule has 0 fully saturated rings. The topological polar surface area (TPSA) is 40.6 Å². The van der Waals surface area contributed by atoms with Gasteiger partial charge in [-0.1, -0.05) is 35.9 Å². The third kappa shape index (κ3) is 4.85. The van der Waals surface area contributed by atoms with Gasteiger partial charge in [0, 0.05) is 32.2 Å². The fourth-order valence-electron chi connectivity index (χ4n) is 4.17. The molecule has 0 saturated heterocycles. The highest BCUT2D eigenvalue weighted by Crippen LogP contribution is 2.34. The van der Waals surface area contributed by atoms with Gasteiger partial charge in [-0.2, -0.15) is 0 Å². The van der Waals surface area contributed by atoms with Crippen molar-refractivity contribution >= 4 is 27.1 Å². The molecule has 0 aromatic heterocycles. The molecular weight excluding hydrogens is 440 g/mol. The number of halogens is 1. The Hall–Kier alpha value is -2.34. The summed E-state index contributed by atoms with van der Waals surface area (Å²) in [6.45, 7) is 1.92. The molecular formula is C26H29ClN2O2S. The Kier molecular flexibility index (Phi) is 6.61. The number of rotatable bonds is 5. The zero-order valence-electron chi connectivity index (χ0n) is 18.8. The van der Waals surface area contributed by atoms with Gasteiger partial charge < -0.3 is 9.80 Å². The van der Waals surface area contributed by atoms with Gasteiger partial charge in [0.2, 0.25) is 9.84 Å². The van der Waals surface area contributed by atoms with Crippen molar-refractivity contribution in [3.05, 3.63) is 87.9 Å². The van der Waals surface area contributed by atoms with Gasteiger partial charge in [0.1, 0.15) is 0 Å². The van der Waals surface area contributed by atoms with Crippen molar-refractivity contribution in [3.63, 3.8) is 0 Å². The highest BCUT2D eigenvalue weighted by Gasteiger charge is 2.25. The maximum absolute atomic E-state index is 13.7. The molecule has 4 rings (SSSR count). The van der Waals surface area contributed by atoms with E-state index in [-0.39, 0.29) is 0 Å².